The van der Waals surface area contributed by atoms with Crippen LogP contribution in [0.2, 0.25) is 0 Å². The predicted octanol–water partition coefficient (Wildman–Crippen LogP) is 3.82. The molecule has 0 aromatic heterocycles. The first-order valence-corrected chi connectivity index (χ1v) is 9.87. The Morgan fingerprint density at radius 3 is 1.37 bits per heavy atom. The summed E-state index contributed by atoms with van der Waals surface area (Å²) in [6, 6.07) is 2.23. The smallest absolute Gasteiger partial charge is 0.339 e. The molecule has 30 heavy (non-hydrogen) atoms. The molecule has 166 valence electrons. The molecular weight excluding hydrogens is 392 g/mol. The van der Waals surface area contributed by atoms with Crippen molar-refractivity contribution in [3.05, 3.63) is 34.4 Å². The summed E-state index contributed by atoms with van der Waals surface area (Å²) in [5.74, 6) is -4.28. The van der Waals surface area contributed by atoms with Crippen molar-refractivity contribution in [2.45, 2.75) is 41.5 Å². The molecule has 1 N–H and O–H groups in total. The van der Waals surface area contributed by atoms with Gasteiger partial charge in [0.15, 0.2) is 0 Å². The van der Waals surface area contributed by atoms with Crippen LogP contribution in [-0.2, 0) is 14.2 Å². The summed E-state index contributed by atoms with van der Waals surface area (Å²) in [6.07, 6.45) is 0. The Balaban J connectivity index is 3.59. The molecular formula is C22H30O8. The normalized spacial score (nSPS) is 11.0. The molecule has 0 amide bonds. The number of esters is 3. The van der Waals surface area contributed by atoms with E-state index in [0.29, 0.717) is 0 Å². The first-order chi connectivity index (χ1) is 14.0. The maximum Gasteiger partial charge on any atom is 0.339 e. The van der Waals surface area contributed by atoms with Gasteiger partial charge in [0.25, 0.3) is 0 Å². The van der Waals surface area contributed by atoms with Crippen LogP contribution in [0.3, 0.4) is 0 Å². The maximum absolute atomic E-state index is 12.8. The lowest BCUT2D eigenvalue weighted by molar-refractivity contribution is 0.0388. The highest BCUT2D eigenvalue weighted by Gasteiger charge is 2.32. The van der Waals surface area contributed by atoms with Crippen LogP contribution >= 0.6 is 0 Å². The van der Waals surface area contributed by atoms with Crippen molar-refractivity contribution in [1.29, 1.82) is 0 Å². The van der Waals surface area contributed by atoms with E-state index in [9.17, 15) is 24.3 Å². The number of hydrogen-bond acceptors (Lipinski definition) is 7. The first kappa shape index (κ1) is 25.1. The van der Waals surface area contributed by atoms with Gasteiger partial charge in [0.05, 0.1) is 42.1 Å². The predicted molar refractivity (Wildman–Crippen MR) is 109 cm³/mol. The average Bonchev–Trinajstić information content (AvgIpc) is 2.66. The third-order valence-electron chi connectivity index (χ3n) is 3.71. The third kappa shape index (κ3) is 7.17. The summed E-state index contributed by atoms with van der Waals surface area (Å²) in [6.45, 7) is 11.1. The van der Waals surface area contributed by atoms with Gasteiger partial charge in [-0.25, -0.2) is 19.2 Å². The van der Waals surface area contributed by atoms with Crippen LogP contribution in [0.1, 0.15) is 83.0 Å². The van der Waals surface area contributed by atoms with Crippen molar-refractivity contribution in [3.8, 4) is 0 Å². The molecule has 8 heteroatoms. The topological polar surface area (TPSA) is 116 Å². The molecule has 0 unspecified atom stereocenters. The number of ether oxygens (including phenoxy) is 3. The van der Waals surface area contributed by atoms with Gasteiger partial charge in [0, 0.05) is 0 Å². The zero-order chi connectivity index (χ0) is 23.0. The van der Waals surface area contributed by atoms with Crippen LogP contribution in [0.15, 0.2) is 12.1 Å². The van der Waals surface area contributed by atoms with Gasteiger partial charge in [0.1, 0.15) is 0 Å². The van der Waals surface area contributed by atoms with Gasteiger partial charge in [-0.3, -0.25) is 0 Å². The van der Waals surface area contributed by atoms with Crippen LogP contribution in [0.5, 0.6) is 0 Å². The molecule has 0 saturated carbocycles. The van der Waals surface area contributed by atoms with Crippen molar-refractivity contribution in [1.82, 2.24) is 0 Å². The Kier molecular flexibility index (Phi) is 9.49. The fourth-order valence-electron chi connectivity index (χ4n) is 2.32. The summed E-state index contributed by atoms with van der Waals surface area (Å²) in [7, 11) is 0. The summed E-state index contributed by atoms with van der Waals surface area (Å²) in [5.41, 5.74) is -1.68. The Hall–Kier alpha value is -2.90. The van der Waals surface area contributed by atoms with Crippen molar-refractivity contribution in [3.63, 3.8) is 0 Å². The molecule has 0 aliphatic carbocycles. The van der Waals surface area contributed by atoms with Crippen molar-refractivity contribution in [2.24, 2.45) is 17.8 Å². The fourth-order valence-corrected chi connectivity index (χ4v) is 2.32. The van der Waals surface area contributed by atoms with Gasteiger partial charge in [-0.2, -0.15) is 0 Å². The minimum Gasteiger partial charge on any atom is -0.478 e. The number of carbonyl (C=O) groups is 4. The maximum atomic E-state index is 12.8. The molecule has 0 saturated heterocycles. The molecule has 0 fully saturated rings. The molecule has 0 aliphatic heterocycles. The lowest BCUT2D eigenvalue weighted by Gasteiger charge is -2.17. The molecule has 1 aromatic rings. The number of hydrogen-bond donors (Lipinski definition) is 1. The molecule has 0 spiro atoms. The standard InChI is InChI=1S/C22H30O8/c1-12(2)9-28-20(25)16-8-7-15(19(23)24)17(21(26)29-10-13(3)4)18(16)22(27)30-11-14(5)6/h7-8,12-14H,9-11H2,1-6H3,(H,23,24). The van der Waals surface area contributed by atoms with Crippen LogP contribution in [-0.4, -0.2) is 48.8 Å². The Bertz CT molecular complexity index is 793. The second-order valence-corrected chi connectivity index (χ2v) is 8.19. The summed E-state index contributed by atoms with van der Waals surface area (Å²) in [4.78, 5) is 49.9. The quantitative estimate of drug-likeness (QED) is 0.447. The van der Waals surface area contributed by atoms with Crippen LogP contribution in [0, 0.1) is 17.8 Å². The van der Waals surface area contributed by atoms with Gasteiger partial charge in [-0.15, -0.1) is 0 Å². The summed E-state index contributed by atoms with van der Waals surface area (Å²) in [5, 5.41) is 9.55. The zero-order valence-electron chi connectivity index (χ0n) is 18.3. The van der Waals surface area contributed by atoms with E-state index in [-0.39, 0.29) is 43.1 Å². The lowest BCUT2D eigenvalue weighted by Crippen LogP contribution is -2.24. The van der Waals surface area contributed by atoms with Crippen molar-refractivity contribution in [2.75, 3.05) is 19.8 Å². The van der Waals surface area contributed by atoms with E-state index in [0.717, 1.165) is 12.1 Å². The monoisotopic (exact) mass is 422 g/mol. The first-order valence-electron chi connectivity index (χ1n) is 9.87. The van der Waals surface area contributed by atoms with E-state index < -0.39 is 40.6 Å². The van der Waals surface area contributed by atoms with E-state index in [1.807, 2.05) is 41.5 Å². The highest BCUT2D eigenvalue weighted by molar-refractivity contribution is 6.14. The number of carboxylic acids is 1. The van der Waals surface area contributed by atoms with Gasteiger partial charge in [-0.1, -0.05) is 41.5 Å². The molecule has 0 heterocycles. The lowest BCUT2D eigenvalue weighted by atomic mass is 9.95. The molecule has 0 atom stereocenters. The highest BCUT2D eigenvalue weighted by atomic mass is 16.5. The molecule has 0 aliphatic rings. The van der Waals surface area contributed by atoms with Crippen LogP contribution in [0.4, 0.5) is 0 Å². The third-order valence-corrected chi connectivity index (χ3v) is 3.71. The molecule has 1 aromatic carbocycles. The van der Waals surface area contributed by atoms with Crippen molar-refractivity contribution >= 4 is 23.9 Å². The van der Waals surface area contributed by atoms with E-state index in [4.69, 9.17) is 14.2 Å². The summed E-state index contributed by atoms with van der Waals surface area (Å²) < 4.78 is 15.6. The van der Waals surface area contributed by atoms with Crippen molar-refractivity contribution < 1.29 is 38.5 Å². The Morgan fingerprint density at radius 1 is 0.667 bits per heavy atom. The minimum absolute atomic E-state index is 0.00992. The Labute approximate surface area is 176 Å². The average molecular weight is 422 g/mol. The number of carboxylic acid groups (broad SMARTS) is 1. The van der Waals surface area contributed by atoms with Gasteiger partial charge >= 0.3 is 23.9 Å². The largest absolute Gasteiger partial charge is 0.478 e. The summed E-state index contributed by atoms with van der Waals surface area (Å²) >= 11 is 0. The molecule has 1 rings (SSSR count). The van der Waals surface area contributed by atoms with Gasteiger partial charge in [0.2, 0.25) is 0 Å². The zero-order valence-corrected chi connectivity index (χ0v) is 18.3. The van der Waals surface area contributed by atoms with Gasteiger partial charge in [-0.05, 0) is 29.9 Å². The number of carbonyl (C=O) groups excluding carboxylic acids is 3. The number of benzene rings is 1. The van der Waals surface area contributed by atoms with Gasteiger partial charge < -0.3 is 19.3 Å². The SMILES string of the molecule is CC(C)COC(=O)c1ccc(C(=O)O)c(C(=O)OCC(C)C)c1C(=O)OCC(C)C. The molecule has 0 radical (unpaired) electrons. The van der Waals surface area contributed by atoms with E-state index in [2.05, 4.69) is 0 Å². The second kappa shape index (κ2) is 11.3. The Morgan fingerprint density at radius 2 is 1.00 bits per heavy atom. The van der Waals surface area contributed by atoms with Crippen LogP contribution < -0.4 is 0 Å². The fraction of sp³-hybridized carbons (Fsp3) is 0.545. The van der Waals surface area contributed by atoms with Crippen LogP contribution in [0.25, 0.3) is 0 Å². The highest BCUT2D eigenvalue weighted by Crippen LogP contribution is 2.24. The second-order valence-electron chi connectivity index (χ2n) is 8.19. The molecule has 8 nitrogen and oxygen atoms in total. The van der Waals surface area contributed by atoms with E-state index in [1.165, 1.54) is 0 Å². The van der Waals surface area contributed by atoms with E-state index >= 15 is 0 Å². The number of aromatic carboxylic acids is 1. The minimum atomic E-state index is -1.44. The number of rotatable bonds is 10. The molecule has 0 bridgehead atoms. The van der Waals surface area contributed by atoms with E-state index in [1.54, 1.807) is 0 Å².